The molecule has 0 spiro atoms. The van der Waals surface area contributed by atoms with Gasteiger partial charge in [-0.1, -0.05) is 25.4 Å². The van der Waals surface area contributed by atoms with Crippen molar-refractivity contribution < 1.29 is 4.42 Å². The summed E-state index contributed by atoms with van der Waals surface area (Å²) < 4.78 is 5.76. The summed E-state index contributed by atoms with van der Waals surface area (Å²) in [6.07, 6.45) is 3.64. The minimum absolute atomic E-state index is 0.521. The molecule has 0 saturated heterocycles. The lowest BCUT2D eigenvalue weighted by molar-refractivity contribution is 0.485. The van der Waals surface area contributed by atoms with Crippen LogP contribution < -0.4 is 5.32 Å². The van der Waals surface area contributed by atoms with Crippen LogP contribution in [0, 0.1) is 6.92 Å². The highest BCUT2D eigenvalue weighted by Gasteiger charge is 2.13. The van der Waals surface area contributed by atoms with Crippen molar-refractivity contribution in [3.05, 3.63) is 28.1 Å². The Morgan fingerprint density at radius 3 is 2.89 bits per heavy atom. The van der Waals surface area contributed by atoms with E-state index in [4.69, 9.17) is 16.0 Å². The highest BCUT2D eigenvalue weighted by atomic mass is 35.5. The highest BCUT2D eigenvalue weighted by Crippen LogP contribution is 2.36. The molecule has 0 radical (unpaired) electrons. The topological polar surface area (TPSA) is 38.1 Å². The lowest BCUT2D eigenvalue weighted by Gasteiger charge is -2.05. The molecule has 5 heteroatoms. The molecule has 0 fully saturated rings. The van der Waals surface area contributed by atoms with Gasteiger partial charge in [0, 0.05) is 12.5 Å². The van der Waals surface area contributed by atoms with E-state index in [1.54, 1.807) is 17.5 Å². The molecular formula is C14H19ClN2OS. The van der Waals surface area contributed by atoms with Crippen LogP contribution in [0.5, 0.6) is 0 Å². The maximum absolute atomic E-state index is 6.23. The molecule has 0 amide bonds. The Labute approximate surface area is 123 Å². The summed E-state index contributed by atoms with van der Waals surface area (Å²) in [4.78, 5) is 5.28. The number of halogens is 1. The van der Waals surface area contributed by atoms with Crippen molar-refractivity contribution in [3.63, 3.8) is 0 Å². The Bertz CT molecular complexity index is 533. The van der Waals surface area contributed by atoms with Crippen LogP contribution in [-0.4, -0.2) is 17.6 Å². The Morgan fingerprint density at radius 2 is 2.26 bits per heavy atom. The van der Waals surface area contributed by atoms with Crippen LogP contribution in [0.2, 0.25) is 5.02 Å². The van der Waals surface area contributed by atoms with Crippen molar-refractivity contribution >= 4 is 22.9 Å². The van der Waals surface area contributed by atoms with Crippen LogP contribution in [0.25, 0.3) is 10.6 Å². The average molecular weight is 299 g/mol. The van der Waals surface area contributed by atoms with E-state index in [9.17, 15) is 0 Å². The zero-order valence-corrected chi connectivity index (χ0v) is 13.1. The first-order valence-corrected chi connectivity index (χ1v) is 7.75. The molecule has 1 N–H and O–H groups in total. The van der Waals surface area contributed by atoms with Crippen LogP contribution in [-0.2, 0) is 6.42 Å². The number of thiophene rings is 1. The maximum Gasteiger partial charge on any atom is 0.194 e. The second kappa shape index (κ2) is 6.55. The Balaban J connectivity index is 1.94. The third-order valence-electron chi connectivity index (χ3n) is 2.80. The van der Waals surface area contributed by atoms with E-state index in [1.165, 1.54) is 0 Å². The summed E-state index contributed by atoms with van der Waals surface area (Å²) in [5.74, 6) is 1.55. The van der Waals surface area contributed by atoms with Crippen LogP contribution >= 0.6 is 22.9 Å². The summed E-state index contributed by atoms with van der Waals surface area (Å²) in [6.45, 7) is 7.26. The van der Waals surface area contributed by atoms with Crippen LogP contribution in [0.3, 0.4) is 0 Å². The largest absolute Gasteiger partial charge is 0.440 e. The molecule has 0 atom stereocenters. The number of hydrogen-bond acceptors (Lipinski definition) is 4. The second-order valence-corrected chi connectivity index (χ2v) is 6.15. The van der Waals surface area contributed by atoms with E-state index >= 15 is 0 Å². The van der Waals surface area contributed by atoms with Gasteiger partial charge in [-0.2, -0.15) is 0 Å². The van der Waals surface area contributed by atoms with Gasteiger partial charge in [0.15, 0.2) is 11.7 Å². The number of rotatable bonds is 6. The Morgan fingerprint density at radius 1 is 1.47 bits per heavy atom. The van der Waals surface area contributed by atoms with E-state index in [2.05, 4.69) is 24.1 Å². The minimum Gasteiger partial charge on any atom is -0.440 e. The summed E-state index contributed by atoms with van der Waals surface area (Å²) >= 11 is 7.82. The number of oxazole rings is 1. The van der Waals surface area contributed by atoms with Crippen molar-refractivity contribution in [1.82, 2.24) is 10.3 Å². The van der Waals surface area contributed by atoms with Crippen LogP contribution in [0.1, 0.15) is 31.7 Å². The first-order chi connectivity index (χ1) is 9.08. The van der Waals surface area contributed by atoms with Gasteiger partial charge in [0.2, 0.25) is 0 Å². The molecule has 2 aromatic rings. The summed E-state index contributed by atoms with van der Waals surface area (Å²) in [7, 11) is 0. The number of hydrogen-bond donors (Lipinski definition) is 1. The van der Waals surface area contributed by atoms with E-state index in [1.807, 2.05) is 12.3 Å². The first kappa shape index (κ1) is 14.6. The first-order valence-electron chi connectivity index (χ1n) is 6.50. The molecule has 2 heterocycles. The fourth-order valence-electron chi connectivity index (χ4n) is 1.76. The normalized spacial score (nSPS) is 11.4. The second-order valence-electron chi connectivity index (χ2n) is 4.89. The molecule has 2 rings (SSSR count). The monoisotopic (exact) mass is 298 g/mol. The minimum atomic E-state index is 0.521. The van der Waals surface area contributed by atoms with Gasteiger partial charge in [-0.05, 0) is 30.8 Å². The zero-order chi connectivity index (χ0) is 13.8. The van der Waals surface area contributed by atoms with Gasteiger partial charge in [0.1, 0.15) is 0 Å². The van der Waals surface area contributed by atoms with E-state index < -0.39 is 0 Å². The number of aromatic nitrogens is 1. The molecule has 0 unspecified atom stereocenters. The summed E-state index contributed by atoms with van der Waals surface area (Å²) in [5.41, 5.74) is 1.08. The summed E-state index contributed by atoms with van der Waals surface area (Å²) in [5, 5.41) is 6.18. The molecule has 0 aliphatic rings. The molecule has 0 aliphatic heterocycles. The van der Waals surface area contributed by atoms with Gasteiger partial charge < -0.3 is 9.73 Å². The van der Waals surface area contributed by atoms with E-state index in [0.717, 1.165) is 46.5 Å². The molecule has 0 aliphatic carbocycles. The van der Waals surface area contributed by atoms with E-state index in [0.29, 0.717) is 6.04 Å². The van der Waals surface area contributed by atoms with Crippen molar-refractivity contribution in [3.8, 4) is 10.6 Å². The van der Waals surface area contributed by atoms with Gasteiger partial charge >= 0.3 is 0 Å². The SMILES string of the molecule is Cc1csc(-c2cnc(CCCNC(C)C)o2)c1Cl. The predicted octanol–water partition coefficient (Wildman–Crippen LogP) is 4.30. The van der Waals surface area contributed by atoms with Gasteiger partial charge in [0.05, 0.1) is 16.1 Å². The van der Waals surface area contributed by atoms with E-state index in [-0.39, 0.29) is 0 Å². The number of aryl methyl sites for hydroxylation is 2. The maximum atomic E-state index is 6.23. The van der Waals surface area contributed by atoms with Gasteiger partial charge in [-0.3, -0.25) is 0 Å². The molecular weight excluding hydrogens is 280 g/mol. The van der Waals surface area contributed by atoms with Gasteiger partial charge in [-0.15, -0.1) is 11.3 Å². The number of nitrogens with one attached hydrogen (secondary N) is 1. The molecule has 0 aromatic carbocycles. The number of nitrogens with zero attached hydrogens (tertiary/aromatic N) is 1. The van der Waals surface area contributed by atoms with Crippen molar-refractivity contribution in [2.75, 3.05) is 6.54 Å². The molecule has 0 bridgehead atoms. The van der Waals surface area contributed by atoms with Crippen molar-refractivity contribution in [2.24, 2.45) is 0 Å². The van der Waals surface area contributed by atoms with Crippen LogP contribution in [0.4, 0.5) is 0 Å². The molecule has 3 nitrogen and oxygen atoms in total. The Hall–Kier alpha value is -0.840. The average Bonchev–Trinajstić information content (AvgIpc) is 2.94. The van der Waals surface area contributed by atoms with Gasteiger partial charge in [0.25, 0.3) is 0 Å². The van der Waals surface area contributed by atoms with Gasteiger partial charge in [-0.25, -0.2) is 4.98 Å². The van der Waals surface area contributed by atoms with Crippen molar-refractivity contribution in [1.29, 1.82) is 0 Å². The fourth-order valence-corrected chi connectivity index (χ4v) is 2.99. The highest BCUT2D eigenvalue weighted by molar-refractivity contribution is 7.14. The van der Waals surface area contributed by atoms with Crippen LogP contribution in [0.15, 0.2) is 16.0 Å². The summed E-state index contributed by atoms with van der Waals surface area (Å²) in [6, 6.07) is 0.521. The predicted molar refractivity (Wildman–Crippen MR) is 81.0 cm³/mol. The third-order valence-corrected chi connectivity index (χ3v) is 4.51. The quantitative estimate of drug-likeness (QED) is 0.808. The lowest BCUT2D eigenvalue weighted by Crippen LogP contribution is -2.23. The zero-order valence-electron chi connectivity index (χ0n) is 11.5. The lowest BCUT2D eigenvalue weighted by atomic mass is 10.3. The smallest absolute Gasteiger partial charge is 0.194 e. The molecule has 2 aromatic heterocycles. The van der Waals surface area contributed by atoms with Crippen molar-refractivity contribution in [2.45, 2.75) is 39.7 Å². The standard InChI is InChI=1S/C14H19ClN2OS/c1-9(2)16-6-4-5-12-17-7-11(18-12)14-13(15)10(3)8-19-14/h7-9,16H,4-6H2,1-3H3. The third kappa shape index (κ3) is 3.81. The molecule has 19 heavy (non-hydrogen) atoms. The Kier molecular flexibility index (Phi) is 5.02. The fraction of sp³-hybridized carbons (Fsp3) is 0.500. The molecule has 104 valence electrons. The molecule has 0 saturated carbocycles.